The van der Waals surface area contributed by atoms with Gasteiger partial charge in [0.2, 0.25) is 0 Å². The van der Waals surface area contributed by atoms with Crippen molar-refractivity contribution in [2.45, 2.75) is 37.0 Å². The summed E-state index contributed by atoms with van der Waals surface area (Å²) in [5.41, 5.74) is 42.5. The Morgan fingerprint density at radius 2 is 0.557 bits per heavy atom. The van der Waals surface area contributed by atoms with Gasteiger partial charge in [0.25, 0.3) is 0 Å². The number of benzene rings is 18. The molecule has 1 aromatic heterocycles. The molecule has 540 valence electrons. The van der Waals surface area contributed by atoms with Crippen LogP contribution in [0.4, 0.5) is 34.1 Å². The zero-order valence-electron chi connectivity index (χ0n) is 64.0. The first kappa shape index (κ1) is 66.4. The molecule has 3 heteroatoms. The van der Waals surface area contributed by atoms with E-state index in [-0.39, 0.29) is 10.8 Å². The molecule has 0 unspecified atom stereocenters. The zero-order chi connectivity index (χ0) is 76.3. The summed E-state index contributed by atoms with van der Waals surface area (Å²) in [6, 6.07) is 150. The molecule has 18 aromatic carbocycles. The van der Waals surface area contributed by atoms with E-state index in [0.29, 0.717) is 0 Å². The summed E-state index contributed by atoms with van der Waals surface area (Å²) in [4.78, 5) is 4.83. The fourth-order valence-corrected chi connectivity index (χ4v) is 20.7. The molecule has 5 aliphatic carbocycles. The number of hydrogen-bond acceptors (Lipinski definition) is 3. The molecule has 115 heavy (non-hydrogen) atoms. The van der Waals surface area contributed by atoms with Gasteiger partial charge in [0, 0.05) is 50.2 Å². The lowest BCUT2D eigenvalue weighted by Crippen LogP contribution is -2.26. The number of rotatable bonds is 9. The van der Waals surface area contributed by atoms with Gasteiger partial charge in [0.1, 0.15) is 5.58 Å². The predicted molar refractivity (Wildman–Crippen MR) is 478 cm³/mol. The third-order valence-electron chi connectivity index (χ3n) is 25.9. The first-order chi connectivity index (χ1) is 56.7. The molecule has 0 saturated heterocycles. The van der Waals surface area contributed by atoms with Gasteiger partial charge in [0.05, 0.1) is 16.5 Å². The van der Waals surface area contributed by atoms with Crippen LogP contribution in [0.25, 0.3) is 122 Å². The average molecular weight is 1470 g/mol. The first-order valence-electron chi connectivity index (χ1n) is 40.2. The lowest BCUT2D eigenvalue weighted by atomic mass is 9.70. The van der Waals surface area contributed by atoms with E-state index in [2.05, 4.69) is 437 Å². The molecule has 24 rings (SSSR count). The summed E-state index contributed by atoms with van der Waals surface area (Å²) in [6.07, 6.45) is 0. The summed E-state index contributed by atoms with van der Waals surface area (Å²) in [5, 5.41) is 4.60. The number of hydrogen-bond donors (Lipinski definition) is 0. The van der Waals surface area contributed by atoms with Crippen LogP contribution in [0.15, 0.2) is 411 Å². The number of para-hydroxylation sites is 2. The Morgan fingerprint density at radius 3 is 1.09 bits per heavy atom. The molecule has 0 fully saturated rings. The molecule has 0 N–H and O–H groups in total. The van der Waals surface area contributed by atoms with Gasteiger partial charge in [0.15, 0.2) is 5.58 Å². The lowest BCUT2D eigenvalue weighted by molar-refractivity contribution is 0.660. The van der Waals surface area contributed by atoms with Crippen molar-refractivity contribution in [3.8, 4) is 89.0 Å². The van der Waals surface area contributed by atoms with E-state index in [0.717, 1.165) is 67.2 Å². The van der Waals surface area contributed by atoms with Gasteiger partial charge in [-0.25, -0.2) is 0 Å². The summed E-state index contributed by atoms with van der Waals surface area (Å²) >= 11 is 0. The second kappa shape index (κ2) is 25.6. The molecule has 3 nitrogen and oxygen atoms in total. The SMILES string of the molecule is Cc1ccc(-c2ccc(N(c3ccc4c(c3)C(C)(C)c3ccccc3-4)c3ccc4c(c3)C3(c5ccccc5-c5ccccc53)c3ccccc3-4)cc2)cc1.c1ccc(-c2cccc3c2oc2c(N(c4ccc(-c5ccc6c(c5)C5(c7ccccc7-c7ccccc75)c5ccccc5-6)cc4)c4ccc5ccccc5c4)cccc23)cc1. The van der Waals surface area contributed by atoms with E-state index in [9.17, 15) is 0 Å². The van der Waals surface area contributed by atoms with Crippen LogP contribution in [-0.2, 0) is 16.2 Å². The maximum absolute atomic E-state index is 7.00. The molecule has 0 atom stereocenters. The Morgan fingerprint density at radius 1 is 0.209 bits per heavy atom. The third-order valence-corrected chi connectivity index (χ3v) is 25.9. The minimum atomic E-state index is -0.405. The summed E-state index contributed by atoms with van der Waals surface area (Å²) in [5.74, 6) is 0. The Balaban J connectivity index is 0.000000137. The highest BCUT2D eigenvalue weighted by molar-refractivity contribution is 6.14. The quantitative estimate of drug-likeness (QED) is 0.144. The van der Waals surface area contributed by atoms with E-state index < -0.39 is 5.41 Å². The van der Waals surface area contributed by atoms with Crippen molar-refractivity contribution in [1.29, 1.82) is 0 Å². The van der Waals surface area contributed by atoms with E-state index >= 15 is 0 Å². The largest absolute Gasteiger partial charge is 0.453 e. The average Bonchev–Trinajstić information content (AvgIpc) is 1.51. The lowest BCUT2D eigenvalue weighted by Gasteiger charge is -2.32. The highest BCUT2D eigenvalue weighted by atomic mass is 16.3. The van der Waals surface area contributed by atoms with Crippen molar-refractivity contribution < 1.29 is 4.42 Å². The van der Waals surface area contributed by atoms with Crippen LogP contribution in [0.2, 0.25) is 0 Å². The normalized spacial score (nSPS) is 13.7. The van der Waals surface area contributed by atoms with E-state index in [1.54, 1.807) is 0 Å². The van der Waals surface area contributed by atoms with Crippen LogP contribution in [0, 0.1) is 6.92 Å². The topological polar surface area (TPSA) is 19.6 Å². The maximum Gasteiger partial charge on any atom is 0.159 e. The van der Waals surface area contributed by atoms with Crippen LogP contribution in [0.5, 0.6) is 0 Å². The van der Waals surface area contributed by atoms with Gasteiger partial charge in [-0.2, -0.15) is 0 Å². The Kier molecular flexibility index (Phi) is 14.8. The zero-order valence-corrected chi connectivity index (χ0v) is 64.0. The molecule has 0 bridgehead atoms. The van der Waals surface area contributed by atoms with E-state index in [4.69, 9.17) is 4.42 Å². The fourth-order valence-electron chi connectivity index (χ4n) is 20.7. The molecule has 2 spiro atoms. The number of aryl methyl sites for hydroxylation is 1. The minimum Gasteiger partial charge on any atom is -0.453 e. The van der Waals surface area contributed by atoms with Gasteiger partial charge in [-0.15, -0.1) is 0 Å². The van der Waals surface area contributed by atoms with Crippen LogP contribution in [-0.4, -0.2) is 0 Å². The second-order valence-electron chi connectivity index (χ2n) is 32.1. The van der Waals surface area contributed by atoms with Crippen LogP contribution < -0.4 is 9.80 Å². The minimum absolute atomic E-state index is 0.107. The second-order valence-corrected chi connectivity index (χ2v) is 32.1. The summed E-state index contributed by atoms with van der Waals surface area (Å²) in [6.45, 7) is 6.88. The van der Waals surface area contributed by atoms with Gasteiger partial charge in [-0.05, 0) is 230 Å². The highest BCUT2D eigenvalue weighted by Gasteiger charge is 2.53. The Hall–Kier alpha value is -14.4. The monoisotopic (exact) mass is 1460 g/mol. The van der Waals surface area contributed by atoms with Crippen molar-refractivity contribution in [1.82, 2.24) is 0 Å². The predicted octanol–water partition coefficient (Wildman–Crippen LogP) is 29.7. The molecule has 1 heterocycles. The van der Waals surface area contributed by atoms with E-state index in [1.807, 2.05) is 0 Å². The highest BCUT2D eigenvalue weighted by Crippen LogP contribution is 2.66. The standard InChI is InChI=1S/C59H37NO.C53H39N/c1-2-15-40(16-3-1)45-21-12-22-50-51-23-13-27-56(58(51)61-57(45)50)60(44-34-30-38-14-4-5-17-41(38)36-44)43-32-28-39(29-33-43)42-31-35-49-48-20-8-11-26-54(48)59(55(49)37-42)52-24-9-6-18-46(52)47-19-7-10-25-53(47)59;1-34-20-22-35(23-21-34)36-24-26-37(27-25-36)54(38-28-30-44-40-12-4-8-16-46(40)52(2,3)50(44)32-38)39-29-31-45-43-15-7-11-19-49(43)53(51(45)33-39)47-17-9-5-13-41(47)42-14-6-10-18-48(42)53/h1-37H;4-33H,1-3H3. The van der Waals surface area contributed by atoms with Gasteiger partial charge in [-0.3, -0.25) is 0 Å². The summed E-state index contributed by atoms with van der Waals surface area (Å²) in [7, 11) is 0. The molecular weight excluding hydrogens is 1390 g/mol. The van der Waals surface area contributed by atoms with Crippen LogP contribution >= 0.6 is 0 Å². The third kappa shape index (κ3) is 9.78. The number of furan rings is 1. The Bertz CT molecular complexity index is 7070. The molecular formula is C112H76N2O. The number of nitrogens with zero attached hydrogens (tertiary/aromatic N) is 2. The number of fused-ring (bicyclic) bond motifs is 27. The van der Waals surface area contributed by atoms with Crippen molar-refractivity contribution in [3.05, 3.63) is 468 Å². The van der Waals surface area contributed by atoms with Crippen molar-refractivity contribution in [2.24, 2.45) is 0 Å². The molecule has 0 amide bonds. The number of anilines is 6. The molecule has 0 saturated carbocycles. The van der Waals surface area contributed by atoms with Crippen molar-refractivity contribution >= 4 is 66.8 Å². The van der Waals surface area contributed by atoms with Crippen molar-refractivity contribution in [3.63, 3.8) is 0 Å². The van der Waals surface area contributed by atoms with Crippen molar-refractivity contribution in [2.75, 3.05) is 9.80 Å². The Labute approximate surface area is 670 Å². The van der Waals surface area contributed by atoms with Gasteiger partial charge < -0.3 is 14.2 Å². The van der Waals surface area contributed by atoms with Gasteiger partial charge in [-0.1, -0.05) is 353 Å². The molecule has 0 aliphatic heterocycles. The van der Waals surface area contributed by atoms with E-state index in [1.165, 1.54) is 150 Å². The molecule has 5 aliphatic rings. The fraction of sp³-hybridized carbons (Fsp3) is 0.0536. The first-order valence-corrected chi connectivity index (χ1v) is 40.2. The maximum atomic E-state index is 7.00. The smallest absolute Gasteiger partial charge is 0.159 e. The van der Waals surface area contributed by atoms with Crippen LogP contribution in [0.1, 0.15) is 75.0 Å². The summed E-state index contributed by atoms with van der Waals surface area (Å²) < 4.78 is 7.00. The van der Waals surface area contributed by atoms with Gasteiger partial charge >= 0.3 is 0 Å². The molecule has 19 aromatic rings. The molecule has 0 radical (unpaired) electrons. The van der Waals surface area contributed by atoms with Crippen LogP contribution in [0.3, 0.4) is 0 Å².